The molecule has 0 aromatic carbocycles. The third-order valence-corrected chi connectivity index (χ3v) is 2.49. The molecule has 0 aliphatic rings. The van der Waals surface area contributed by atoms with Crippen LogP contribution >= 0.6 is 11.6 Å². The number of amides is 1. The summed E-state index contributed by atoms with van der Waals surface area (Å²) in [5.41, 5.74) is -1.13. The quantitative estimate of drug-likeness (QED) is 0.926. The molecule has 0 bridgehead atoms. The Bertz CT molecular complexity index is 630. The Hall–Kier alpha value is -2.22. The van der Waals surface area contributed by atoms with E-state index in [2.05, 4.69) is 20.3 Å². The fourth-order valence-electron chi connectivity index (χ4n) is 1.27. The number of halogens is 4. The zero-order chi connectivity index (χ0) is 14.8. The van der Waals surface area contributed by atoms with Gasteiger partial charge in [0.25, 0.3) is 5.91 Å². The first kappa shape index (κ1) is 14.2. The minimum atomic E-state index is -4.50. The van der Waals surface area contributed by atoms with E-state index < -0.39 is 17.6 Å². The molecule has 0 unspecified atom stereocenters. The van der Waals surface area contributed by atoms with Gasteiger partial charge >= 0.3 is 6.18 Å². The predicted molar refractivity (Wildman–Crippen MR) is 64.2 cm³/mol. The van der Waals surface area contributed by atoms with Crippen LogP contribution in [0, 0.1) is 0 Å². The summed E-state index contributed by atoms with van der Waals surface area (Å²) in [7, 11) is 0. The number of hydrogen-bond acceptors (Lipinski definition) is 4. The molecule has 0 aliphatic carbocycles. The number of nitrogens with zero attached hydrogens (tertiary/aromatic N) is 3. The van der Waals surface area contributed by atoms with Crippen molar-refractivity contribution in [1.82, 2.24) is 15.0 Å². The fraction of sp³-hybridized carbons (Fsp3) is 0.0909. The molecule has 0 saturated carbocycles. The highest BCUT2D eigenvalue weighted by atomic mass is 35.5. The predicted octanol–water partition coefficient (Wildman–Crippen LogP) is 2.80. The van der Waals surface area contributed by atoms with Crippen LogP contribution in [-0.2, 0) is 6.18 Å². The van der Waals surface area contributed by atoms with Gasteiger partial charge in [0.15, 0.2) is 11.0 Å². The van der Waals surface area contributed by atoms with E-state index >= 15 is 0 Å². The number of rotatable bonds is 2. The summed E-state index contributed by atoms with van der Waals surface area (Å²) >= 11 is 5.68. The first-order chi connectivity index (χ1) is 9.38. The van der Waals surface area contributed by atoms with Gasteiger partial charge in [0.1, 0.15) is 5.69 Å². The van der Waals surface area contributed by atoms with Gasteiger partial charge in [-0.25, -0.2) is 9.97 Å². The van der Waals surface area contributed by atoms with Crippen LogP contribution in [0.3, 0.4) is 0 Å². The van der Waals surface area contributed by atoms with Crippen LogP contribution in [0.25, 0.3) is 0 Å². The molecule has 0 spiro atoms. The Morgan fingerprint density at radius 3 is 2.40 bits per heavy atom. The van der Waals surface area contributed by atoms with Crippen molar-refractivity contribution < 1.29 is 18.0 Å². The van der Waals surface area contributed by atoms with Gasteiger partial charge < -0.3 is 5.32 Å². The normalized spacial score (nSPS) is 11.2. The molecule has 2 heterocycles. The summed E-state index contributed by atoms with van der Waals surface area (Å²) < 4.78 is 37.0. The number of pyridine rings is 1. The zero-order valence-electron chi connectivity index (χ0n) is 9.65. The molecule has 1 amide bonds. The minimum absolute atomic E-state index is 0.000801. The molecule has 2 aromatic heterocycles. The Labute approximate surface area is 115 Å². The number of alkyl halides is 3. The number of carbonyl (C=O) groups excluding carboxylic acids is 1. The van der Waals surface area contributed by atoms with Crippen LogP contribution in [0.2, 0.25) is 5.15 Å². The summed E-state index contributed by atoms with van der Waals surface area (Å²) in [5, 5.41) is 2.26. The Morgan fingerprint density at radius 2 is 1.85 bits per heavy atom. The summed E-state index contributed by atoms with van der Waals surface area (Å²) in [6, 6.07) is 1.72. The molecule has 9 heteroatoms. The van der Waals surface area contributed by atoms with Gasteiger partial charge in [-0.3, -0.25) is 9.78 Å². The van der Waals surface area contributed by atoms with Crippen LogP contribution in [0.4, 0.5) is 19.0 Å². The topological polar surface area (TPSA) is 67.8 Å². The van der Waals surface area contributed by atoms with Crippen LogP contribution < -0.4 is 5.32 Å². The molecule has 0 radical (unpaired) electrons. The zero-order valence-corrected chi connectivity index (χ0v) is 10.4. The SMILES string of the molecule is O=C(Nc1nccnc1Cl)c1ccc(C(F)(F)F)cn1. The lowest BCUT2D eigenvalue weighted by atomic mass is 10.2. The van der Waals surface area contributed by atoms with Crippen LogP contribution in [0.15, 0.2) is 30.7 Å². The third kappa shape index (κ3) is 3.21. The highest BCUT2D eigenvalue weighted by molar-refractivity contribution is 6.32. The molecule has 0 fully saturated rings. The average molecular weight is 303 g/mol. The van der Waals surface area contributed by atoms with Crippen LogP contribution in [0.5, 0.6) is 0 Å². The number of carbonyl (C=O) groups is 1. The lowest BCUT2D eigenvalue weighted by molar-refractivity contribution is -0.137. The largest absolute Gasteiger partial charge is 0.417 e. The van der Waals surface area contributed by atoms with E-state index in [1.807, 2.05) is 0 Å². The van der Waals surface area contributed by atoms with Gasteiger partial charge in [-0.15, -0.1) is 0 Å². The molecule has 0 atom stereocenters. The molecule has 20 heavy (non-hydrogen) atoms. The van der Waals surface area contributed by atoms with Crippen molar-refractivity contribution >= 4 is 23.3 Å². The smallest absolute Gasteiger partial charge is 0.303 e. The molecule has 0 aliphatic heterocycles. The first-order valence-corrected chi connectivity index (χ1v) is 5.57. The first-order valence-electron chi connectivity index (χ1n) is 5.19. The standard InChI is InChI=1S/C11H6ClF3N4O/c12-8-9(17-4-3-16-8)19-10(20)7-2-1-6(5-18-7)11(13,14)15/h1-5H,(H,17,19,20). The van der Waals surface area contributed by atoms with E-state index in [-0.39, 0.29) is 16.7 Å². The maximum atomic E-state index is 12.3. The van der Waals surface area contributed by atoms with Gasteiger partial charge in [-0.05, 0) is 12.1 Å². The number of anilines is 1. The van der Waals surface area contributed by atoms with Gasteiger partial charge in [0.2, 0.25) is 0 Å². The number of aromatic nitrogens is 3. The van der Waals surface area contributed by atoms with Gasteiger partial charge in [-0.2, -0.15) is 13.2 Å². The monoisotopic (exact) mass is 302 g/mol. The van der Waals surface area contributed by atoms with Gasteiger partial charge in [-0.1, -0.05) is 11.6 Å². The van der Waals surface area contributed by atoms with Crippen molar-refractivity contribution in [2.24, 2.45) is 0 Å². The molecule has 1 N–H and O–H groups in total. The Kier molecular flexibility index (Phi) is 3.84. The summed E-state index contributed by atoms with van der Waals surface area (Å²) in [6.07, 6.45) is -1.29. The number of nitrogens with one attached hydrogen (secondary N) is 1. The summed E-state index contributed by atoms with van der Waals surface area (Å²) in [4.78, 5) is 22.7. The molecule has 104 valence electrons. The van der Waals surface area contributed by atoms with E-state index in [1.165, 1.54) is 12.4 Å². The van der Waals surface area contributed by atoms with E-state index in [4.69, 9.17) is 11.6 Å². The van der Waals surface area contributed by atoms with E-state index in [1.54, 1.807) is 0 Å². The second kappa shape index (κ2) is 5.41. The molecule has 2 rings (SSSR count). The van der Waals surface area contributed by atoms with E-state index in [0.717, 1.165) is 12.1 Å². The highest BCUT2D eigenvalue weighted by Crippen LogP contribution is 2.28. The summed E-state index contributed by atoms with van der Waals surface area (Å²) in [5.74, 6) is -0.734. The van der Waals surface area contributed by atoms with E-state index in [0.29, 0.717) is 6.20 Å². The molecular weight excluding hydrogens is 297 g/mol. The van der Waals surface area contributed by atoms with E-state index in [9.17, 15) is 18.0 Å². The maximum absolute atomic E-state index is 12.3. The number of hydrogen-bond donors (Lipinski definition) is 1. The molecule has 5 nitrogen and oxygen atoms in total. The van der Waals surface area contributed by atoms with Gasteiger partial charge in [0.05, 0.1) is 5.56 Å². The van der Waals surface area contributed by atoms with Crippen molar-refractivity contribution in [3.05, 3.63) is 47.1 Å². The second-order valence-corrected chi connectivity index (χ2v) is 3.94. The average Bonchev–Trinajstić information content (AvgIpc) is 2.40. The van der Waals surface area contributed by atoms with Crippen molar-refractivity contribution in [1.29, 1.82) is 0 Å². The van der Waals surface area contributed by atoms with Crippen molar-refractivity contribution in [3.8, 4) is 0 Å². The Balaban J connectivity index is 2.16. The lowest BCUT2D eigenvalue weighted by Crippen LogP contribution is -2.16. The Morgan fingerprint density at radius 1 is 1.15 bits per heavy atom. The van der Waals surface area contributed by atoms with Crippen molar-refractivity contribution in [2.75, 3.05) is 5.32 Å². The van der Waals surface area contributed by atoms with Crippen molar-refractivity contribution in [3.63, 3.8) is 0 Å². The van der Waals surface area contributed by atoms with Gasteiger partial charge in [0, 0.05) is 18.6 Å². The van der Waals surface area contributed by atoms with Crippen molar-refractivity contribution in [2.45, 2.75) is 6.18 Å². The lowest BCUT2D eigenvalue weighted by Gasteiger charge is -2.07. The fourth-order valence-corrected chi connectivity index (χ4v) is 1.42. The highest BCUT2D eigenvalue weighted by Gasteiger charge is 2.30. The van der Waals surface area contributed by atoms with Crippen LogP contribution in [0.1, 0.15) is 16.1 Å². The molecule has 2 aromatic rings. The second-order valence-electron chi connectivity index (χ2n) is 3.58. The van der Waals surface area contributed by atoms with Crippen LogP contribution in [-0.4, -0.2) is 20.9 Å². The maximum Gasteiger partial charge on any atom is 0.417 e. The molecular formula is C11H6ClF3N4O. The third-order valence-electron chi connectivity index (χ3n) is 2.21. The summed E-state index contributed by atoms with van der Waals surface area (Å²) in [6.45, 7) is 0. The minimum Gasteiger partial charge on any atom is -0.303 e. The molecule has 0 saturated heterocycles.